The number of H-pyrrole nitrogens is 1. The molecule has 0 spiro atoms. The molecule has 1 aliphatic heterocycles. The average molecular weight is 1280 g/mol. The van der Waals surface area contributed by atoms with Crippen LogP contribution in [0.25, 0.3) is 10.9 Å². The van der Waals surface area contributed by atoms with Gasteiger partial charge in [0.15, 0.2) is 0 Å². The number of amides is 11. The molecule has 11 amide bonds. The number of nitrogens with two attached hydrogens (primary N) is 4. The second-order valence-corrected chi connectivity index (χ2v) is 23.9. The second kappa shape index (κ2) is 35.3. The van der Waals surface area contributed by atoms with E-state index in [1.807, 2.05) is 0 Å². The van der Waals surface area contributed by atoms with Gasteiger partial charge in [-0.15, -0.1) is 0 Å². The summed E-state index contributed by atoms with van der Waals surface area (Å²) in [5.41, 5.74) is 25.3. The molecule has 5 rings (SSSR count). The van der Waals surface area contributed by atoms with E-state index in [2.05, 4.69) is 52.8 Å². The quantitative estimate of drug-likeness (QED) is 0.0309. The Hall–Kier alpha value is -8.78. The monoisotopic (exact) mass is 1270 g/mol. The number of carboxylic acid groups (broad SMARTS) is 1. The number of phenols is 1. The van der Waals surface area contributed by atoms with E-state index in [0.717, 1.165) is 21.6 Å². The van der Waals surface area contributed by atoms with Crippen molar-refractivity contribution in [2.45, 2.75) is 132 Å². The molecule has 1 aromatic heterocycles. The number of nitrogens with one attached hydrogen (secondary N) is 10. The number of unbranched alkanes of at least 4 members (excludes halogenated alkanes) is 1. The topological polar surface area (TPSA) is 494 Å². The van der Waals surface area contributed by atoms with Gasteiger partial charge >= 0.3 is 5.97 Å². The first-order chi connectivity index (χ1) is 42.4. The predicted octanol–water partition coefficient (Wildman–Crippen LogP) is -3.01. The number of fused-ring (bicyclic) bond motifs is 1. The molecule has 89 heavy (non-hydrogen) atoms. The SMILES string of the molecule is CC[C@H](C)[C@@H]1NC(=O)[C@H](CC(N)=O)NC(=O)[C@H](CO)NC(=O)C(Cc2ccccc2)NC(=O)[C@H](Cc2ccc(O)cc2)NC(=O)[C@H](CCCCN)NC(=O)C(CC(N)=O)NC(=O)[C@H](N)CSSCC(C(=O)N[C@@H](Cc2c[nH]c3ccccc23)C(=O)O)NC1=O. The molecular formula is C58H78N14O15S2. The highest BCUT2D eigenvalue weighted by molar-refractivity contribution is 8.76. The molecule has 29 nitrogen and oxygen atoms in total. The Kier molecular flexibility index (Phi) is 28.1. The number of hydrogen-bond acceptors (Lipinski definition) is 18. The highest BCUT2D eigenvalue weighted by atomic mass is 33.1. The fourth-order valence-corrected chi connectivity index (χ4v) is 11.5. The maximum atomic E-state index is 14.6. The molecule has 482 valence electrons. The average Bonchev–Trinajstić information content (AvgIpc) is 3.15. The first-order valence-corrected chi connectivity index (χ1v) is 31.1. The summed E-state index contributed by atoms with van der Waals surface area (Å²) >= 11 is 0. The molecule has 31 heteroatoms. The van der Waals surface area contributed by atoms with Crippen LogP contribution in [0.15, 0.2) is 85.1 Å². The number of primary amides is 2. The zero-order valence-electron chi connectivity index (χ0n) is 49.0. The van der Waals surface area contributed by atoms with E-state index in [9.17, 15) is 72.9 Å². The number of para-hydroxylation sites is 1. The number of aromatic hydroxyl groups is 1. The summed E-state index contributed by atoms with van der Waals surface area (Å²) in [6.45, 7) is 2.29. The van der Waals surface area contributed by atoms with E-state index in [1.165, 1.54) is 24.3 Å². The summed E-state index contributed by atoms with van der Waals surface area (Å²) < 4.78 is 0. The molecule has 0 bridgehead atoms. The molecular weight excluding hydrogens is 1200 g/mol. The van der Waals surface area contributed by atoms with Crippen molar-refractivity contribution >= 4 is 103 Å². The minimum absolute atomic E-state index is 0.0998. The lowest BCUT2D eigenvalue weighted by Gasteiger charge is -2.29. The molecule has 1 aliphatic rings. The third-order valence-electron chi connectivity index (χ3n) is 14.4. The van der Waals surface area contributed by atoms with Crippen LogP contribution in [-0.2, 0) is 76.8 Å². The molecule has 4 aromatic rings. The van der Waals surface area contributed by atoms with Gasteiger partial charge < -0.3 is 91.1 Å². The molecule has 1 saturated heterocycles. The third-order valence-corrected chi connectivity index (χ3v) is 16.9. The van der Waals surface area contributed by atoms with Crippen molar-refractivity contribution < 1.29 is 72.9 Å². The molecule has 0 saturated carbocycles. The number of carboxylic acids is 1. The molecule has 11 atom stereocenters. The van der Waals surface area contributed by atoms with Crippen molar-refractivity contribution in [2.24, 2.45) is 28.9 Å². The van der Waals surface area contributed by atoms with Crippen LogP contribution >= 0.6 is 21.6 Å². The molecule has 21 N–H and O–H groups in total. The zero-order chi connectivity index (χ0) is 65.3. The number of carbonyl (C=O) groups excluding carboxylic acids is 11. The number of aromatic amines is 1. The number of aliphatic hydroxyl groups excluding tert-OH is 1. The number of hydrogen-bond donors (Lipinski definition) is 17. The summed E-state index contributed by atoms with van der Waals surface area (Å²) in [5.74, 6) is -14.4. The zero-order valence-corrected chi connectivity index (χ0v) is 50.6. The van der Waals surface area contributed by atoms with E-state index in [-0.39, 0.29) is 62.3 Å². The van der Waals surface area contributed by atoms with Crippen molar-refractivity contribution in [3.63, 3.8) is 0 Å². The number of phenolic OH excluding ortho intramolecular Hbond substituents is 1. The summed E-state index contributed by atoms with van der Waals surface area (Å²) in [6, 6.07) is 4.61. The van der Waals surface area contributed by atoms with Crippen LogP contribution in [0.5, 0.6) is 5.75 Å². The van der Waals surface area contributed by atoms with Gasteiger partial charge in [-0.25, -0.2) is 4.79 Å². The first kappa shape index (κ1) is 71.0. The predicted molar refractivity (Wildman–Crippen MR) is 329 cm³/mol. The van der Waals surface area contributed by atoms with Gasteiger partial charge in [0.25, 0.3) is 0 Å². The highest BCUT2D eigenvalue weighted by Crippen LogP contribution is 2.24. The number of rotatable bonds is 20. The second-order valence-electron chi connectivity index (χ2n) is 21.3. The number of benzene rings is 3. The number of aliphatic hydroxyl groups is 1. The van der Waals surface area contributed by atoms with E-state index < -0.39 is 157 Å². The van der Waals surface area contributed by atoms with Crippen molar-refractivity contribution in [3.05, 3.63) is 102 Å². The van der Waals surface area contributed by atoms with Gasteiger partial charge in [0, 0.05) is 47.9 Å². The highest BCUT2D eigenvalue weighted by Gasteiger charge is 2.38. The standard InChI is InChI=1S/C58H78N14O15S2/c1-3-30(2)48-57(85)71-45(56(84)69-43(58(86)87)23-33-26-63-37-14-8-7-13-35(33)37)29-89-88-28-36(60)49(77)65-41(24-46(61)75)53(81)64-38(15-9-10-20-59)50(78)66-40(22-32-16-18-34(74)19-17-32)51(79)67-39(21-31-11-5-4-6-12-31)52(80)70-44(27-73)55(83)68-42(25-47(62)76)54(82)72-48/h4-8,11-14,16-19,26,30,36,38-45,48,63,73-74H,3,9-10,15,20-25,27-29,59-60H2,1-2H3,(H2,61,75)(H2,62,76)(H,64,81)(H,65,77)(H,66,78)(H,67,79)(H,68,83)(H,69,84)(H,70,80)(H,71,85)(H,72,82)(H,86,87)/t30-,36+,38-,39?,40-,41?,42-,43-,44-,45?,48-/m0/s1. The lowest BCUT2D eigenvalue weighted by Crippen LogP contribution is -2.62. The van der Waals surface area contributed by atoms with Crippen LogP contribution in [-0.4, -0.2) is 176 Å². The van der Waals surface area contributed by atoms with Gasteiger partial charge in [-0.1, -0.05) is 103 Å². The van der Waals surface area contributed by atoms with Crippen molar-refractivity contribution in [1.82, 2.24) is 52.8 Å². The Balaban J connectivity index is 1.56. The Bertz CT molecular complexity index is 3140. The Morgan fingerprint density at radius 1 is 0.618 bits per heavy atom. The van der Waals surface area contributed by atoms with Gasteiger partial charge in [0.1, 0.15) is 60.1 Å². The Morgan fingerprint density at radius 2 is 1.12 bits per heavy atom. The van der Waals surface area contributed by atoms with Crippen LogP contribution in [0.4, 0.5) is 0 Å². The Morgan fingerprint density at radius 3 is 1.71 bits per heavy atom. The van der Waals surface area contributed by atoms with Crippen LogP contribution in [0.3, 0.4) is 0 Å². The Labute approximate surface area is 520 Å². The lowest BCUT2D eigenvalue weighted by atomic mass is 9.97. The normalized spacial score (nSPS) is 23.4. The third kappa shape index (κ3) is 22.4. The fourth-order valence-electron chi connectivity index (χ4n) is 9.26. The van der Waals surface area contributed by atoms with Gasteiger partial charge in [0.2, 0.25) is 65.0 Å². The summed E-state index contributed by atoms with van der Waals surface area (Å²) in [5, 5.41) is 54.1. The maximum Gasteiger partial charge on any atom is 0.326 e. The van der Waals surface area contributed by atoms with Crippen LogP contribution in [0, 0.1) is 5.92 Å². The molecule has 0 aliphatic carbocycles. The minimum atomic E-state index is -1.89. The van der Waals surface area contributed by atoms with Crippen LogP contribution in [0.1, 0.15) is 69.1 Å². The van der Waals surface area contributed by atoms with E-state index in [0.29, 0.717) is 34.0 Å². The van der Waals surface area contributed by atoms with Gasteiger partial charge in [-0.3, -0.25) is 52.7 Å². The van der Waals surface area contributed by atoms with Crippen LogP contribution < -0.4 is 70.8 Å². The van der Waals surface area contributed by atoms with Gasteiger partial charge in [-0.05, 0) is 66.6 Å². The van der Waals surface area contributed by atoms with Crippen LogP contribution in [0.2, 0.25) is 0 Å². The van der Waals surface area contributed by atoms with E-state index in [4.69, 9.17) is 22.9 Å². The minimum Gasteiger partial charge on any atom is -0.508 e. The number of aromatic nitrogens is 1. The van der Waals surface area contributed by atoms with E-state index in [1.54, 1.807) is 74.6 Å². The first-order valence-electron chi connectivity index (χ1n) is 28.6. The summed E-state index contributed by atoms with van der Waals surface area (Å²) in [6.07, 6.45) is -0.123. The van der Waals surface area contributed by atoms with Crippen molar-refractivity contribution in [2.75, 3.05) is 24.7 Å². The molecule has 2 heterocycles. The van der Waals surface area contributed by atoms with Crippen molar-refractivity contribution in [3.8, 4) is 5.75 Å². The largest absolute Gasteiger partial charge is 0.508 e. The summed E-state index contributed by atoms with van der Waals surface area (Å²) in [4.78, 5) is 169. The maximum absolute atomic E-state index is 14.6. The molecule has 1 fully saturated rings. The smallest absolute Gasteiger partial charge is 0.326 e. The molecule has 3 unspecified atom stereocenters. The number of carbonyl (C=O) groups is 12. The molecule has 0 radical (unpaired) electrons. The van der Waals surface area contributed by atoms with Gasteiger partial charge in [0.05, 0.1) is 25.5 Å². The molecule has 3 aromatic carbocycles. The van der Waals surface area contributed by atoms with Crippen molar-refractivity contribution in [1.29, 1.82) is 0 Å². The number of aliphatic carboxylic acids is 1. The fraction of sp³-hybridized carbons (Fsp3) is 0.448. The summed E-state index contributed by atoms with van der Waals surface area (Å²) in [7, 11) is 1.82. The van der Waals surface area contributed by atoms with E-state index >= 15 is 0 Å². The van der Waals surface area contributed by atoms with Gasteiger partial charge in [-0.2, -0.15) is 0 Å². The lowest BCUT2D eigenvalue weighted by molar-refractivity contribution is -0.142.